The van der Waals surface area contributed by atoms with Gasteiger partial charge in [-0.2, -0.15) is 0 Å². The second kappa shape index (κ2) is 76.0. The zero-order valence-electron chi connectivity index (χ0n) is 58.5. The predicted octanol–water partition coefficient (Wildman–Crippen LogP) is 25.8. The molecule has 2 unspecified atom stereocenters. The molecule has 0 saturated heterocycles. The molecule has 0 heterocycles. The SMILES string of the molecule is CCCCCC/C=C\C/C=C\CCCCCCCCCC(=O)OCCCCCCCCCCC/C=C\C/C=C\CCCCCCCCCCCCCCCCCC(=O)NC(CO)C(O)/C=C/CCCCCCCCCCCCCCCCCCCCC. The van der Waals surface area contributed by atoms with Crippen LogP contribution in [0, 0.1) is 0 Å². The molecule has 0 saturated carbocycles. The third kappa shape index (κ3) is 72.5. The van der Waals surface area contributed by atoms with Crippen molar-refractivity contribution in [1.82, 2.24) is 5.32 Å². The van der Waals surface area contributed by atoms with E-state index < -0.39 is 12.1 Å². The van der Waals surface area contributed by atoms with Crippen molar-refractivity contribution in [3.8, 4) is 0 Å². The summed E-state index contributed by atoms with van der Waals surface area (Å²) in [7, 11) is 0. The van der Waals surface area contributed by atoms with Gasteiger partial charge in [-0.3, -0.25) is 9.59 Å². The van der Waals surface area contributed by atoms with Gasteiger partial charge in [0.15, 0.2) is 0 Å². The van der Waals surface area contributed by atoms with Crippen molar-refractivity contribution in [2.75, 3.05) is 13.2 Å². The number of nitrogens with one attached hydrogen (secondary N) is 1. The van der Waals surface area contributed by atoms with Crippen LogP contribution < -0.4 is 5.32 Å². The van der Waals surface area contributed by atoms with E-state index in [9.17, 15) is 19.8 Å². The van der Waals surface area contributed by atoms with Crippen LogP contribution in [0.25, 0.3) is 0 Å². The number of amides is 1. The summed E-state index contributed by atoms with van der Waals surface area (Å²) in [5, 5.41) is 23.3. The van der Waals surface area contributed by atoms with E-state index in [1.807, 2.05) is 6.08 Å². The summed E-state index contributed by atoms with van der Waals surface area (Å²) in [6, 6.07) is -0.630. The first-order chi connectivity index (χ1) is 43.0. The Morgan fingerprint density at radius 1 is 0.322 bits per heavy atom. The van der Waals surface area contributed by atoms with E-state index in [1.165, 1.54) is 334 Å². The molecular formula is C81H151NO5. The molecule has 0 aromatic heterocycles. The fraction of sp³-hybridized carbons (Fsp3) is 0.852. The summed E-state index contributed by atoms with van der Waals surface area (Å²) in [4.78, 5) is 24.6. The summed E-state index contributed by atoms with van der Waals surface area (Å²) in [6.45, 7) is 4.92. The number of hydrogen-bond donors (Lipinski definition) is 3. The number of aliphatic hydroxyl groups excluding tert-OH is 2. The normalized spacial score (nSPS) is 12.8. The average Bonchev–Trinajstić information content (AvgIpc) is 3.52. The van der Waals surface area contributed by atoms with Crippen molar-refractivity contribution in [3.63, 3.8) is 0 Å². The lowest BCUT2D eigenvalue weighted by Gasteiger charge is -2.20. The van der Waals surface area contributed by atoms with E-state index >= 15 is 0 Å². The molecule has 1 amide bonds. The fourth-order valence-corrected chi connectivity index (χ4v) is 12.1. The maximum absolute atomic E-state index is 12.5. The van der Waals surface area contributed by atoms with Gasteiger partial charge in [-0.1, -0.05) is 370 Å². The van der Waals surface area contributed by atoms with Crippen LogP contribution in [0.3, 0.4) is 0 Å². The molecule has 0 radical (unpaired) electrons. The van der Waals surface area contributed by atoms with Crippen LogP contribution in [-0.2, 0) is 14.3 Å². The molecule has 510 valence electrons. The molecule has 0 aliphatic rings. The van der Waals surface area contributed by atoms with Gasteiger partial charge in [0.1, 0.15) is 0 Å². The second-order valence-electron chi connectivity index (χ2n) is 26.7. The molecule has 0 aromatic carbocycles. The van der Waals surface area contributed by atoms with Gasteiger partial charge in [0.05, 0.1) is 25.4 Å². The van der Waals surface area contributed by atoms with E-state index in [0.717, 1.165) is 57.8 Å². The van der Waals surface area contributed by atoms with E-state index in [2.05, 4.69) is 67.8 Å². The van der Waals surface area contributed by atoms with Crippen LogP contribution in [0.5, 0.6) is 0 Å². The lowest BCUT2D eigenvalue weighted by molar-refractivity contribution is -0.143. The molecule has 87 heavy (non-hydrogen) atoms. The van der Waals surface area contributed by atoms with Crippen molar-refractivity contribution in [1.29, 1.82) is 0 Å². The Labute approximate surface area is 543 Å². The summed E-state index contributed by atoms with van der Waals surface area (Å²) in [5.74, 6) is -0.0581. The summed E-state index contributed by atoms with van der Waals surface area (Å²) in [5.41, 5.74) is 0. The van der Waals surface area contributed by atoms with E-state index in [-0.39, 0.29) is 18.5 Å². The highest BCUT2D eigenvalue weighted by Gasteiger charge is 2.18. The van der Waals surface area contributed by atoms with Gasteiger partial charge in [-0.05, 0) is 96.3 Å². The first-order valence-electron chi connectivity index (χ1n) is 39.1. The number of allylic oxidation sites excluding steroid dienone is 9. The third-order valence-corrected chi connectivity index (χ3v) is 18.0. The van der Waals surface area contributed by atoms with Crippen LogP contribution >= 0.6 is 0 Å². The Hall–Kier alpha value is -2.44. The molecule has 0 bridgehead atoms. The quantitative estimate of drug-likeness (QED) is 0.0320. The fourth-order valence-electron chi connectivity index (χ4n) is 12.1. The zero-order valence-corrected chi connectivity index (χ0v) is 58.5. The van der Waals surface area contributed by atoms with Crippen LogP contribution in [0.15, 0.2) is 60.8 Å². The monoisotopic (exact) mass is 1220 g/mol. The van der Waals surface area contributed by atoms with Gasteiger partial charge in [0, 0.05) is 12.8 Å². The predicted molar refractivity (Wildman–Crippen MR) is 384 cm³/mol. The summed E-state index contributed by atoms with van der Waals surface area (Å²) in [6.07, 6.45) is 102. The van der Waals surface area contributed by atoms with Gasteiger partial charge >= 0.3 is 5.97 Å². The first-order valence-corrected chi connectivity index (χ1v) is 39.1. The molecule has 0 aliphatic carbocycles. The van der Waals surface area contributed by atoms with Crippen LogP contribution in [0.2, 0.25) is 0 Å². The highest BCUT2D eigenvalue weighted by Crippen LogP contribution is 2.19. The number of unbranched alkanes of at least 4 members (excludes halogenated alkanes) is 54. The standard InChI is InChI=1S/C81H151NO5/c1-3-5-7-9-11-13-15-17-19-21-23-35-38-41-45-49-53-57-61-65-69-73-79(84)78(77-83)82-80(85)74-70-66-62-58-54-50-46-42-39-36-33-31-29-27-25-24-26-28-30-32-34-37-40-44-48-52-56-60-64-68-72-76-87-81(86)75-71-67-63-59-55-51-47-43-22-20-18-16-14-12-10-8-6-4-2/h14,16,20,22,26,28,32,34,69,73,78-79,83-84H,3-13,15,17-19,21,23-25,27,29-31,33,35-68,70-72,74-77H2,1-2H3,(H,82,85)/b16-14-,22-20-,28-26-,34-32-,73-69+. The molecule has 6 heteroatoms. The second-order valence-corrected chi connectivity index (χ2v) is 26.7. The van der Waals surface area contributed by atoms with Crippen LogP contribution in [0.1, 0.15) is 418 Å². The van der Waals surface area contributed by atoms with Crippen molar-refractivity contribution < 1.29 is 24.5 Å². The van der Waals surface area contributed by atoms with E-state index in [0.29, 0.717) is 19.4 Å². The molecular weight excluding hydrogens is 1070 g/mol. The summed E-state index contributed by atoms with van der Waals surface area (Å²) < 4.78 is 5.50. The molecule has 0 fully saturated rings. The van der Waals surface area contributed by atoms with Crippen LogP contribution in [-0.4, -0.2) is 47.4 Å². The van der Waals surface area contributed by atoms with Crippen molar-refractivity contribution in [3.05, 3.63) is 60.8 Å². The number of ether oxygens (including phenoxy) is 1. The zero-order chi connectivity index (χ0) is 62.8. The minimum atomic E-state index is -0.846. The Morgan fingerprint density at radius 3 is 0.885 bits per heavy atom. The van der Waals surface area contributed by atoms with Crippen LogP contribution in [0.4, 0.5) is 0 Å². The first kappa shape index (κ1) is 84.6. The van der Waals surface area contributed by atoms with Crippen molar-refractivity contribution in [2.24, 2.45) is 0 Å². The van der Waals surface area contributed by atoms with Gasteiger partial charge in [0.25, 0.3) is 0 Å². The highest BCUT2D eigenvalue weighted by atomic mass is 16.5. The minimum Gasteiger partial charge on any atom is -0.466 e. The number of carbonyl (C=O) groups excluding carboxylic acids is 2. The van der Waals surface area contributed by atoms with Crippen molar-refractivity contribution in [2.45, 2.75) is 431 Å². The molecule has 2 atom stereocenters. The maximum Gasteiger partial charge on any atom is 0.305 e. The molecule has 0 spiro atoms. The Bertz CT molecular complexity index is 1500. The highest BCUT2D eigenvalue weighted by molar-refractivity contribution is 5.76. The van der Waals surface area contributed by atoms with Gasteiger partial charge in [0.2, 0.25) is 5.91 Å². The minimum absolute atomic E-state index is 0.00576. The molecule has 0 aromatic rings. The average molecular weight is 1220 g/mol. The molecule has 3 N–H and O–H groups in total. The smallest absolute Gasteiger partial charge is 0.305 e. The number of carbonyl (C=O) groups is 2. The Kier molecular flexibility index (Phi) is 73.9. The topological polar surface area (TPSA) is 95.9 Å². The van der Waals surface area contributed by atoms with Gasteiger partial charge in [-0.25, -0.2) is 0 Å². The third-order valence-electron chi connectivity index (χ3n) is 18.0. The van der Waals surface area contributed by atoms with E-state index in [4.69, 9.17) is 4.74 Å². The Balaban J connectivity index is 3.42. The number of esters is 1. The lowest BCUT2D eigenvalue weighted by Crippen LogP contribution is -2.45. The molecule has 6 nitrogen and oxygen atoms in total. The number of aliphatic hydroxyl groups is 2. The van der Waals surface area contributed by atoms with Gasteiger partial charge < -0.3 is 20.3 Å². The number of rotatable bonds is 73. The largest absolute Gasteiger partial charge is 0.466 e. The van der Waals surface area contributed by atoms with E-state index in [1.54, 1.807) is 6.08 Å². The van der Waals surface area contributed by atoms with Crippen molar-refractivity contribution >= 4 is 11.9 Å². The maximum atomic E-state index is 12.5. The summed E-state index contributed by atoms with van der Waals surface area (Å²) >= 11 is 0. The van der Waals surface area contributed by atoms with Gasteiger partial charge in [-0.15, -0.1) is 0 Å². The number of hydrogen-bond acceptors (Lipinski definition) is 5. The lowest BCUT2D eigenvalue weighted by atomic mass is 10.0. The Morgan fingerprint density at radius 2 is 0.575 bits per heavy atom. The molecule has 0 rings (SSSR count). The molecule has 0 aliphatic heterocycles.